The Kier molecular flexibility index (Phi) is 3.23. The topological polar surface area (TPSA) is 68.0 Å². The van der Waals surface area contributed by atoms with E-state index in [9.17, 15) is 9.90 Å². The molecule has 0 unspecified atom stereocenters. The number of hydrogen-bond acceptors (Lipinski definition) is 3. The molecule has 104 valence electrons. The van der Waals surface area contributed by atoms with Crippen molar-refractivity contribution in [3.05, 3.63) is 66.0 Å². The molecular weight excluding hydrogens is 266 g/mol. The molecule has 1 aromatic carbocycles. The van der Waals surface area contributed by atoms with E-state index in [-0.39, 0.29) is 5.56 Å². The molecule has 21 heavy (non-hydrogen) atoms. The fourth-order valence-electron chi connectivity index (χ4n) is 2.20. The van der Waals surface area contributed by atoms with E-state index < -0.39 is 5.97 Å². The van der Waals surface area contributed by atoms with E-state index in [1.54, 1.807) is 18.5 Å². The molecule has 2 heterocycles. The summed E-state index contributed by atoms with van der Waals surface area (Å²) in [6, 6.07) is 12.9. The number of carbonyl (C=O) groups is 1. The van der Waals surface area contributed by atoms with Crippen LogP contribution in [0.4, 0.5) is 0 Å². The summed E-state index contributed by atoms with van der Waals surface area (Å²) in [5.74, 6) is -0.706. The highest BCUT2D eigenvalue weighted by atomic mass is 16.4. The number of carboxylic acid groups (broad SMARTS) is 1. The van der Waals surface area contributed by atoms with Gasteiger partial charge in [-0.1, -0.05) is 30.3 Å². The van der Waals surface area contributed by atoms with Gasteiger partial charge in [0.15, 0.2) is 5.82 Å². The van der Waals surface area contributed by atoms with Crippen molar-refractivity contribution in [3.63, 3.8) is 0 Å². The quantitative estimate of drug-likeness (QED) is 0.800. The normalized spacial score (nSPS) is 10.5. The van der Waals surface area contributed by atoms with Crippen LogP contribution in [0.25, 0.3) is 17.1 Å². The second-order valence-corrected chi connectivity index (χ2v) is 4.65. The number of carboxylic acids is 1. The number of hydrogen-bond donors (Lipinski definition) is 1. The van der Waals surface area contributed by atoms with Crippen LogP contribution in [0.1, 0.15) is 15.9 Å². The lowest BCUT2D eigenvalue weighted by molar-refractivity contribution is 0.0696. The fourth-order valence-corrected chi connectivity index (χ4v) is 2.20. The molecule has 0 radical (unpaired) electrons. The first-order valence-electron chi connectivity index (χ1n) is 6.47. The van der Waals surface area contributed by atoms with Gasteiger partial charge in [0.1, 0.15) is 5.56 Å². The molecular formula is C16H13N3O2. The van der Waals surface area contributed by atoms with Crippen molar-refractivity contribution in [2.45, 2.75) is 6.92 Å². The summed E-state index contributed by atoms with van der Waals surface area (Å²) >= 11 is 0. The Balaban J connectivity index is 2.12. The van der Waals surface area contributed by atoms with Gasteiger partial charge in [-0.2, -0.15) is 5.10 Å². The fraction of sp³-hybridized carbons (Fsp3) is 0.0625. The molecule has 0 saturated heterocycles. The highest BCUT2D eigenvalue weighted by Crippen LogP contribution is 2.23. The van der Waals surface area contributed by atoms with Gasteiger partial charge in [-0.25, -0.2) is 14.5 Å². The van der Waals surface area contributed by atoms with E-state index in [2.05, 4.69) is 10.1 Å². The van der Waals surface area contributed by atoms with Crippen LogP contribution in [0.2, 0.25) is 0 Å². The van der Waals surface area contributed by atoms with Crippen molar-refractivity contribution in [1.82, 2.24) is 14.8 Å². The van der Waals surface area contributed by atoms with Crippen LogP contribution in [0.15, 0.2) is 54.9 Å². The summed E-state index contributed by atoms with van der Waals surface area (Å²) in [6.07, 6.45) is 3.35. The third kappa shape index (κ3) is 2.41. The molecule has 2 aromatic heterocycles. The lowest BCUT2D eigenvalue weighted by atomic mass is 10.1. The molecule has 0 amide bonds. The Morgan fingerprint density at radius 1 is 1.14 bits per heavy atom. The van der Waals surface area contributed by atoms with Crippen molar-refractivity contribution in [3.8, 4) is 17.1 Å². The number of benzene rings is 1. The molecule has 5 nitrogen and oxygen atoms in total. The Hall–Kier alpha value is -2.95. The first kappa shape index (κ1) is 13.1. The van der Waals surface area contributed by atoms with E-state index in [0.29, 0.717) is 5.82 Å². The van der Waals surface area contributed by atoms with E-state index in [4.69, 9.17) is 0 Å². The molecule has 0 spiro atoms. The minimum absolute atomic E-state index is 0.125. The largest absolute Gasteiger partial charge is 0.478 e. The van der Waals surface area contributed by atoms with Gasteiger partial charge in [-0.05, 0) is 24.6 Å². The third-order valence-electron chi connectivity index (χ3n) is 3.18. The molecule has 3 rings (SSSR count). The van der Waals surface area contributed by atoms with E-state index in [0.717, 1.165) is 16.8 Å². The van der Waals surface area contributed by atoms with Gasteiger partial charge in [0.05, 0.1) is 5.69 Å². The predicted octanol–water partition coefficient (Wildman–Crippen LogP) is 2.94. The van der Waals surface area contributed by atoms with Gasteiger partial charge in [0, 0.05) is 18.0 Å². The maximum absolute atomic E-state index is 11.3. The molecule has 0 aliphatic heterocycles. The highest BCUT2D eigenvalue weighted by molar-refractivity contribution is 5.91. The lowest BCUT2D eigenvalue weighted by Crippen LogP contribution is -2.07. The molecule has 0 atom stereocenters. The van der Waals surface area contributed by atoms with Crippen molar-refractivity contribution in [2.75, 3.05) is 0 Å². The van der Waals surface area contributed by atoms with Crippen molar-refractivity contribution >= 4 is 5.97 Å². The zero-order valence-electron chi connectivity index (χ0n) is 11.4. The van der Waals surface area contributed by atoms with Gasteiger partial charge >= 0.3 is 5.97 Å². The number of rotatable bonds is 3. The van der Waals surface area contributed by atoms with Gasteiger partial charge in [0.25, 0.3) is 0 Å². The molecule has 0 fully saturated rings. The summed E-state index contributed by atoms with van der Waals surface area (Å²) in [4.78, 5) is 15.4. The van der Waals surface area contributed by atoms with Gasteiger partial charge < -0.3 is 5.11 Å². The molecule has 1 N–H and O–H groups in total. The van der Waals surface area contributed by atoms with Crippen LogP contribution in [0.3, 0.4) is 0 Å². The van der Waals surface area contributed by atoms with Gasteiger partial charge in [-0.15, -0.1) is 0 Å². The number of aromatic nitrogens is 3. The second-order valence-electron chi connectivity index (χ2n) is 4.65. The standard InChI is InChI=1S/C16H13N3O2/c1-11-10-19(15-13(16(20)21)8-5-9-17-15)18-14(11)12-6-3-2-4-7-12/h2-10H,1H3,(H,20,21). The van der Waals surface area contributed by atoms with Crippen LogP contribution >= 0.6 is 0 Å². The minimum atomic E-state index is -1.02. The van der Waals surface area contributed by atoms with Crippen molar-refractivity contribution in [2.24, 2.45) is 0 Å². The zero-order chi connectivity index (χ0) is 14.8. The summed E-state index contributed by atoms with van der Waals surface area (Å²) in [5.41, 5.74) is 2.89. The van der Waals surface area contributed by atoms with E-state index in [1.165, 1.54) is 10.7 Å². The maximum Gasteiger partial charge on any atom is 0.339 e. The van der Waals surface area contributed by atoms with Gasteiger partial charge in [0.2, 0.25) is 0 Å². The summed E-state index contributed by atoms with van der Waals surface area (Å²) < 4.78 is 1.52. The summed E-state index contributed by atoms with van der Waals surface area (Å²) in [7, 11) is 0. The second kappa shape index (κ2) is 5.20. The highest BCUT2D eigenvalue weighted by Gasteiger charge is 2.15. The number of nitrogens with zero attached hydrogens (tertiary/aromatic N) is 3. The van der Waals surface area contributed by atoms with Crippen molar-refractivity contribution < 1.29 is 9.90 Å². The van der Waals surface area contributed by atoms with Crippen molar-refractivity contribution in [1.29, 1.82) is 0 Å². The number of aromatic carboxylic acids is 1. The first-order chi connectivity index (χ1) is 10.2. The Labute approximate surface area is 121 Å². The molecule has 0 aliphatic carbocycles. The van der Waals surface area contributed by atoms with Crippen LogP contribution in [0, 0.1) is 6.92 Å². The molecule has 0 bridgehead atoms. The van der Waals surface area contributed by atoms with Gasteiger partial charge in [-0.3, -0.25) is 0 Å². The summed E-state index contributed by atoms with van der Waals surface area (Å²) in [6.45, 7) is 1.94. The Morgan fingerprint density at radius 2 is 1.90 bits per heavy atom. The number of pyridine rings is 1. The predicted molar refractivity (Wildman–Crippen MR) is 78.5 cm³/mol. The molecule has 5 heteroatoms. The monoisotopic (exact) mass is 279 g/mol. The smallest absolute Gasteiger partial charge is 0.339 e. The third-order valence-corrected chi connectivity index (χ3v) is 3.18. The van der Waals surface area contributed by atoms with Crippen LogP contribution in [-0.2, 0) is 0 Å². The molecule has 0 saturated carbocycles. The molecule has 3 aromatic rings. The Bertz CT molecular complexity index is 794. The summed E-state index contributed by atoms with van der Waals surface area (Å²) in [5, 5.41) is 13.7. The molecule has 0 aliphatic rings. The van der Waals surface area contributed by atoms with Crippen LogP contribution in [-0.4, -0.2) is 25.8 Å². The lowest BCUT2D eigenvalue weighted by Gasteiger charge is -2.04. The zero-order valence-corrected chi connectivity index (χ0v) is 11.4. The Morgan fingerprint density at radius 3 is 2.62 bits per heavy atom. The van der Waals surface area contributed by atoms with Crippen LogP contribution in [0.5, 0.6) is 0 Å². The minimum Gasteiger partial charge on any atom is -0.478 e. The SMILES string of the molecule is Cc1cn(-c2ncccc2C(=O)O)nc1-c1ccccc1. The van der Waals surface area contributed by atoms with E-state index >= 15 is 0 Å². The van der Waals surface area contributed by atoms with Crippen LogP contribution < -0.4 is 0 Å². The average molecular weight is 279 g/mol. The number of aryl methyl sites for hydroxylation is 1. The van der Waals surface area contributed by atoms with E-state index in [1.807, 2.05) is 37.3 Å². The average Bonchev–Trinajstić information content (AvgIpc) is 2.90. The first-order valence-corrected chi connectivity index (χ1v) is 6.47. The maximum atomic E-state index is 11.3.